The number of carbonyl (C=O) groups is 3. The Balaban J connectivity index is 0.00000544. The zero-order valence-electron chi connectivity index (χ0n) is 19.7. The Kier molecular flexibility index (Phi) is 14.4. The minimum absolute atomic E-state index is 0. The maximum atomic E-state index is 12.3. The van der Waals surface area contributed by atoms with Crippen molar-refractivity contribution in [2.24, 2.45) is 5.41 Å². The number of Topliss-reactive ketones (excluding diaryl/α,β-unsaturated/α-hetero) is 1. The minimum Gasteiger partial charge on any atom is -0.369 e. The Hall–Kier alpha value is -1.03. The number of hydrogen-bond acceptors (Lipinski definition) is 8. The van der Waals surface area contributed by atoms with Crippen molar-refractivity contribution in [3.63, 3.8) is 0 Å². The van der Waals surface area contributed by atoms with Gasteiger partial charge < -0.3 is 46.6 Å². The summed E-state index contributed by atoms with van der Waals surface area (Å²) < 4.78 is 23.4. The van der Waals surface area contributed by atoms with E-state index < -0.39 is 17.9 Å². The first-order valence-electron chi connectivity index (χ1n) is 11.4. The number of amides is 2. The van der Waals surface area contributed by atoms with Gasteiger partial charge in [0.05, 0.1) is 37.7 Å². The molecule has 2 amide bonds. The van der Waals surface area contributed by atoms with E-state index in [2.05, 4.69) is 22.9 Å². The van der Waals surface area contributed by atoms with Crippen molar-refractivity contribution in [3.8, 4) is 0 Å². The first kappa shape index (κ1) is 30.0. The second-order valence-electron chi connectivity index (χ2n) is 8.50. The fraction of sp³-hybridized carbons (Fsp3) is 0.818. The van der Waals surface area contributed by atoms with Crippen LogP contribution >= 0.6 is 0 Å². The molecule has 2 heterocycles. The molecule has 2 rings (SSSR count). The second-order valence-corrected chi connectivity index (χ2v) is 8.50. The van der Waals surface area contributed by atoms with Gasteiger partial charge >= 0.3 is 0 Å². The van der Waals surface area contributed by atoms with E-state index in [9.17, 15) is 14.4 Å². The van der Waals surface area contributed by atoms with E-state index >= 15 is 0 Å². The summed E-state index contributed by atoms with van der Waals surface area (Å²) in [5.41, 5.74) is -0.268. The quantitative estimate of drug-likeness (QED) is 0.194. The van der Waals surface area contributed by atoms with E-state index in [1.807, 2.05) is 7.05 Å². The predicted molar refractivity (Wildman–Crippen MR) is 116 cm³/mol. The molecule has 33 heavy (non-hydrogen) atoms. The SMILES string of the molecule is [CH2-]C(=O)NC(CC(=O)CC)C(=O)NCCCC1OCC2(COC(CCCNC)OC2)CO1.[W]. The number of ether oxygens (including phenoxy) is 4. The van der Waals surface area contributed by atoms with E-state index in [1.165, 1.54) is 0 Å². The molecule has 2 saturated heterocycles. The van der Waals surface area contributed by atoms with Crippen molar-refractivity contribution in [1.82, 2.24) is 16.0 Å². The van der Waals surface area contributed by atoms with E-state index in [4.69, 9.17) is 18.9 Å². The molecule has 2 aliphatic rings. The van der Waals surface area contributed by atoms with Crippen LogP contribution in [-0.4, -0.2) is 82.8 Å². The Morgan fingerprint density at radius 2 is 1.48 bits per heavy atom. The summed E-state index contributed by atoms with van der Waals surface area (Å²) in [6.45, 7) is 8.36. The van der Waals surface area contributed by atoms with Crippen LogP contribution in [0, 0.1) is 12.3 Å². The van der Waals surface area contributed by atoms with Crippen LogP contribution in [-0.2, 0) is 54.4 Å². The molecule has 0 radical (unpaired) electrons. The molecule has 10 nitrogen and oxygen atoms in total. The van der Waals surface area contributed by atoms with Gasteiger partial charge in [-0.25, -0.2) is 0 Å². The molecule has 11 heteroatoms. The molecular weight excluding hydrogens is 602 g/mol. The van der Waals surface area contributed by atoms with Gasteiger partial charge in [0.2, 0.25) is 5.91 Å². The number of ketones is 1. The van der Waals surface area contributed by atoms with Crippen LogP contribution in [0.2, 0.25) is 0 Å². The number of carbonyl (C=O) groups excluding carboxylic acids is 3. The normalized spacial score (nSPS) is 25.6. The third-order valence-corrected chi connectivity index (χ3v) is 5.56. The molecule has 190 valence electrons. The van der Waals surface area contributed by atoms with Crippen LogP contribution in [0.25, 0.3) is 0 Å². The summed E-state index contributed by atoms with van der Waals surface area (Å²) >= 11 is 0. The Morgan fingerprint density at radius 1 is 0.970 bits per heavy atom. The van der Waals surface area contributed by atoms with Gasteiger partial charge in [0.25, 0.3) is 0 Å². The zero-order chi connectivity index (χ0) is 23.4. The molecule has 3 N–H and O–H groups in total. The van der Waals surface area contributed by atoms with Crippen molar-refractivity contribution in [1.29, 1.82) is 0 Å². The van der Waals surface area contributed by atoms with Gasteiger partial charge in [-0.15, -0.1) is 0 Å². The fourth-order valence-corrected chi connectivity index (χ4v) is 3.58. The van der Waals surface area contributed by atoms with Crippen molar-refractivity contribution in [2.75, 3.05) is 46.6 Å². The average Bonchev–Trinajstić information content (AvgIpc) is 2.78. The molecule has 1 atom stereocenters. The average molecular weight is 640 g/mol. The number of hydrogen-bond donors (Lipinski definition) is 3. The summed E-state index contributed by atoms with van der Waals surface area (Å²) in [6.07, 6.45) is 2.86. The van der Waals surface area contributed by atoms with Crippen LogP contribution in [0.1, 0.15) is 45.4 Å². The van der Waals surface area contributed by atoms with Crippen LogP contribution < -0.4 is 16.0 Å². The Morgan fingerprint density at radius 3 is 1.94 bits per heavy atom. The maximum absolute atomic E-state index is 12.3. The van der Waals surface area contributed by atoms with Crippen LogP contribution in [0.3, 0.4) is 0 Å². The van der Waals surface area contributed by atoms with Gasteiger partial charge in [-0.3, -0.25) is 9.59 Å². The topological polar surface area (TPSA) is 124 Å². The zero-order valence-corrected chi connectivity index (χ0v) is 22.6. The second kappa shape index (κ2) is 15.8. The summed E-state index contributed by atoms with van der Waals surface area (Å²) in [6, 6.07) is -0.900. The first-order valence-corrected chi connectivity index (χ1v) is 11.4. The van der Waals surface area contributed by atoms with Gasteiger partial charge in [0.15, 0.2) is 12.6 Å². The summed E-state index contributed by atoms with van der Waals surface area (Å²) in [7, 11) is 1.93. The molecule has 1 unspecified atom stereocenters. The summed E-state index contributed by atoms with van der Waals surface area (Å²) in [4.78, 5) is 35.1. The van der Waals surface area contributed by atoms with E-state index in [0.29, 0.717) is 52.2 Å². The predicted octanol–water partition coefficient (Wildman–Crippen LogP) is 0.300. The van der Waals surface area contributed by atoms with Crippen molar-refractivity contribution >= 4 is 17.6 Å². The molecule has 2 fully saturated rings. The smallest absolute Gasteiger partial charge is 0.242 e. The Labute approximate surface area is 210 Å². The number of nitrogens with one attached hydrogen (secondary N) is 3. The third-order valence-electron chi connectivity index (χ3n) is 5.56. The molecule has 0 aromatic carbocycles. The fourth-order valence-electron chi connectivity index (χ4n) is 3.58. The van der Waals surface area contributed by atoms with Crippen LogP contribution in [0.4, 0.5) is 0 Å². The molecule has 1 spiro atoms. The first-order chi connectivity index (χ1) is 15.4. The van der Waals surface area contributed by atoms with E-state index in [0.717, 1.165) is 19.4 Å². The minimum atomic E-state index is -0.900. The van der Waals surface area contributed by atoms with Crippen molar-refractivity contribution in [2.45, 2.75) is 64.1 Å². The van der Waals surface area contributed by atoms with Gasteiger partial charge in [-0.1, -0.05) is 6.92 Å². The van der Waals surface area contributed by atoms with Crippen molar-refractivity contribution < 1.29 is 54.4 Å². The van der Waals surface area contributed by atoms with Gasteiger partial charge in [0, 0.05) is 46.9 Å². The monoisotopic (exact) mass is 640 g/mol. The molecule has 0 saturated carbocycles. The largest absolute Gasteiger partial charge is 0.369 e. The Bertz CT molecular complexity index is 605. The molecule has 0 aromatic rings. The van der Waals surface area contributed by atoms with Crippen LogP contribution in [0.5, 0.6) is 0 Å². The van der Waals surface area contributed by atoms with E-state index in [-0.39, 0.29) is 51.3 Å². The van der Waals surface area contributed by atoms with Crippen LogP contribution in [0.15, 0.2) is 0 Å². The van der Waals surface area contributed by atoms with Gasteiger partial charge in [-0.2, -0.15) is 0 Å². The standard InChI is InChI=1S/C22H38N3O7.W/c1-4-17(27)11-18(25-16(2)26)21(28)24-10-6-8-20-31-14-22(15-32-20)12-29-19(30-13-22)7-5-9-23-3;/h18-20,23H,2,4-15H2,1,3H3,(H,24,28)(H,25,26);/q-1;. The molecule has 0 aliphatic carbocycles. The summed E-state index contributed by atoms with van der Waals surface area (Å²) in [5.74, 6) is -1.09. The van der Waals surface area contributed by atoms with Gasteiger partial charge in [-0.05, 0) is 32.9 Å². The molecule has 0 aromatic heterocycles. The third kappa shape index (κ3) is 10.8. The van der Waals surface area contributed by atoms with Crippen molar-refractivity contribution in [3.05, 3.63) is 6.92 Å². The molecule has 2 aliphatic heterocycles. The maximum Gasteiger partial charge on any atom is 0.242 e. The summed E-state index contributed by atoms with van der Waals surface area (Å²) in [5, 5.41) is 8.29. The molecular formula is C22H38N3O7W-. The number of rotatable bonds is 13. The molecule has 0 bridgehead atoms. The van der Waals surface area contributed by atoms with E-state index in [1.54, 1.807) is 6.92 Å². The van der Waals surface area contributed by atoms with Gasteiger partial charge in [0.1, 0.15) is 11.8 Å².